The molecule has 0 aromatic heterocycles. The van der Waals surface area contributed by atoms with Gasteiger partial charge >= 0.3 is 0 Å². The van der Waals surface area contributed by atoms with Gasteiger partial charge in [-0.05, 0) is 38.1 Å². The van der Waals surface area contributed by atoms with Crippen molar-refractivity contribution in [2.45, 2.75) is 53.1 Å². The van der Waals surface area contributed by atoms with Gasteiger partial charge in [0.25, 0.3) is 0 Å². The molecule has 0 heterocycles. The van der Waals surface area contributed by atoms with Crippen LogP contribution in [0, 0.1) is 5.41 Å². The Hall–Kier alpha value is -0.0800. The predicted octanol–water partition coefficient (Wildman–Crippen LogP) is 2.57. The van der Waals surface area contributed by atoms with Crippen molar-refractivity contribution in [3.8, 4) is 0 Å². The van der Waals surface area contributed by atoms with Crippen LogP contribution in [0.15, 0.2) is 0 Å². The Morgan fingerprint density at radius 2 is 1.92 bits per heavy atom. The van der Waals surface area contributed by atoms with Gasteiger partial charge in [-0.25, -0.2) is 0 Å². The largest absolute Gasteiger partial charge is 0.378 e. The zero-order valence-corrected chi connectivity index (χ0v) is 9.60. The zero-order chi connectivity index (χ0) is 10.3. The van der Waals surface area contributed by atoms with E-state index in [1.54, 1.807) is 0 Å². The van der Waals surface area contributed by atoms with Crippen molar-refractivity contribution >= 4 is 0 Å². The minimum atomic E-state index is 0.367. The van der Waals surface area contributed by atoms with Crippen molar-refractivity contribution in [2.75, 3.05) is 13.2 Å². The quantitative estimate of drug-likeness (QED) is 0.693. The van der Waals surface area contributed by atoms with Crippen LogP contribution >= 0.6 is 0 Å². The molecule has 0 aliphatic heterocycles. The third-order valence-corrected chi connectivity index (χ3v) is 2.07. The molecule has 2 N–H and O–H groups in total. The summed E-state index contributed by atoms with van der Waals surface area (Å²) in [5.74, 6) is 0. The second kappa shape index (κ2) is 6.39. The van der Waals surface area contributed by atoms with E-state index in [1.807, 2.05) is 0 Å². The summed E-state index contributed by atoms with van der Waals surface area (Å²) in [6.07, 6.45) is 3.64. The van der Waals surface area contributed by atoms with Crippen LogP contribution in [-0.4, -0.2) is 19.3 Å². The molecule has 13 heavy (non-hydrogen) atoms. The second-order valence-electron chi connectivity index (χ2n) is 4.92. The number of hydrogen-bond donors (Lipinski definition) is 1. The smallest absolute Gasteiger partial charge is 0.0547 e. The van der Waals surface area contributed by atoms with Gasteiger partial charge < -0.3 is 10.5 Å². The zero-order valence-electron chi connectivity index (χ0n) is 9.60. The van der Waals surface area contributed by atoms with E-state index in [-0.39, 0.29) is 0 Å². The molecule has 0 saturated heterocycles. The van der Waals surface area contributed by atoms with Crippen LogP contribution in [0.5, 0.6) is 0 Å². The van der Waals surface area contributed by atoms with Crippen LogP contribution < -0.4 is 5.73 Å². The first kappa shape index (κ1) is 12.9. The minimum Gasteiger partial charge on any atom is -0.378 e. The van der Waals surface area contributed by atoms with Gasteiger partial charge in [0.1, 0.15) is 0 Å². The minimum absolute atomic E-state index is 0.367. The maximum absolute atomic E-state index is 5.66. The molecule has 1 unspecified atom stereocenters. The van der Waals surface area contributed by atoms with Gasteiger partial charge in [-0.3, -0.25) is 0 Å². The third-order valence-electron chi connectivity index (χ3n) is 2.07. The molecule has 0 bridgehead atoms. The van der Waals surface area contributed by atoms with Gasteiger partial charge in [0.2, 0.25) is 0 Å². The summed E-state index contributed by atoms with van der Waals surface area (Å²) in [5.41, 5.74) is 5.80. The summed E-state index contributed by atoms with van der Waals surface area (Å²) in [4.78, 5) is 0. The van der Waals surface area contributed by atoms with Crippen molar-refractivity contribution in [1.29, 1.82) is 0 Å². The van der Waals surface area contributed by atoms with E-state index in [0.29, 0.717) is 11.5 Å². The molecular weight excluding hydrogens is 162 g/mol. The third kappa shape index (κ3) is 9.84. The molecule has 0 spiro atoms. The standard InChI is InChI=1S/C11H25NO/c1-10(6-5-8-12)13-9-7-11(2,3)4/h10H,5-9,12H2,1-4H3. The summed E-state index contributed by atoms with van der Waals surface area (Å²) in [6.45, 7) is 10.5. The summed E-state index contributed by atoms with van der Waals surface area (Å²) in [6, 6.07) is 0. The van der Waals surface area contributed by atoms with Gasteiger partial charge in [0, 0.05) is 6.61 Å². The molecule has 0 aromatic carbocycles. The summed E-state index contributed by atoms with van der Waals surface area (Å²) >= 11 is 0. The Balaban J connectivity index is 3.31. The van der Waals surface area contributed by atoms with Crippen LogP contribution in [0.3, 0.4) is 0 Å². The highest BCUT2D eigenvalue weighted by atomic mass is 16.5. The fraction of sp³-hybridized carbons (Fsp3) is 1.00. The topological polar surface area (TPSA) is 35.2 Å². The van der Waals surface area contributed by atoms with Crippen molar-refractivity contribution in [1.82, 2.24) is 0 Å². The number of rotatable bonds is 6. The van der Waals surface area contributed by atoms with Crippen molar-refractivity contribution in [2.24, 2.45) is 11.1 Å². The highest BCUT2D eigenvalue weighted by molar-refractivity contribution is 4.61. The van der Waals surface area contributed by atoms with E-state index < -0.39 is 0 Å². The Bertz CT molecular complexity index is 118. The van der Waals surface area contributed by atoms with Gasteiger partial charge in [-0.1, -0.05) is 20.8 Å². The van der Waals surface area contributed by atoms with Crippen LogP contribution in [0.1, 0.15) is 47.0 Å². The summed E-state index contributed by atoms with van der Waals surface area (Å²) in [5, 5.41) is 0. The summed E-state index contributed by atoms with van der Waals surface area (Å²) < 4.78 is 5.66. The average molecular weight is 187 g/mol. The maximum Gasteiger partial charge on any atom is 0.0547 e. The Labute approximate surface area is 82.8 Å². The van der Waals surface area contributed by atoms with Gasteiger partial charge in [0.05, 0.1) is 6.10 Å². The fourth-order valence-corrected chi connectivity index (χ4v) is 1.05. The predicted molar refractivity (Wildman–Crippen MR) is 57.8 cm³/mol. The van der Waals surface area contributed by atoms with Crippen LogP contribution in [0.25, 0.3) is 0 Å². The number of ether oxygens (including phenoxy) is 1. The van der Waals surface area contributed by atoms with Crippen LogP contribution in [0.2, 0.25) is 0 Å². The summed E-state index contributed by atoms with van der Waals surface area (Å²) in [7, 11) is 0. The lowest BCUT2D eigenvalue weighted by molar-refractivity contribution is 0.0434. The van der Waals surface area contributed by atoms with Gasteiger partial charge in [-0.2, -0.15) is 0 Å². The Kier molecular flexibility index (Phi) is 6.35. The van der Waals surface area contributed by atoms with E-state index in [0.717, 1.165) is 32.4 Å². The first-order valence-corrected chi connectivity index (χ1v) is 5.27. The molecule has 0 amide bonds. The van der Waals surface area contributed by atoms with E-state index in [2.05, 4.69) is 27.7 Å². The SMILES string of the molecule is CC(CCCN)OCCC(C)(C)C. The first-order chi connectivity index (χ1) is 5.95. The molecule has 0 rings (SSSR count). The molecular formula is C11H25NO. The van der Waals surface area contributed by atoms with E-state index in [4.69, 9.17) is 10.5 Å². The molecule has 0 radical (unpaired) electrons. The normalized spacial score (nSPS) is 14.5. The molecule has 0 fully saturated rings. The van der Waals surface area contributed by atoms with Crippen LogP contribution in [-0.2, 0) is 4.74 Å². The Morgan fingerprint density at radius 3 is 2.38 bits per heavy atom. The van der Waals surface area contributed by atoms with E-state index in [1.165, 1.54) is 0 Å². The monoisotopic (exact) mass is 187 g/mol. The lowest BCUT2D eigenvalue weighted by atomic mass is 9.93. The second-order valence-corrected chi connectivity index (χ2v) is 4.92. The number of hydrogen-bond acceptors (Lipinski definition) is 2. The average Bonchev–Trinajstić information content (AvgIpc) is 1.98. The maximum atomic E-state index is 5.66. The van der Waals surface area contributed by atoms with Crippen molar-refractivity contribution < 1.29 is 4.74 Å². The Morgan fingerprint density at radius 1 is 1.31 bits per heavy atom. The highest BCUT2D eigenvalue weighted by Crippen LogP contribution is 2.18. The fourth-order valence-electron chi connectivity index (χ4n) is 1.05. The van der Waals surface area contributed by atoms with Crippen molar-refractivity contribution in [3.63, 3.8) is 0 Å². The molecule has 0 aromatic rings. The molecule has 2 heteroatoms. The van der Waals surface area contributed by atoms with Crippen molar-refractivity contribution in [3.05, 3.63) is 0 Å². The molecule has 0 saturated carbocycles. The molecule has 80 valence electrons. The first-order valence-electron chi connectivity index (χ1n) is 5.27. The molecule has 0 aliphatic carbocycles. The van der Waals surface area contributed by atoms with Gasteiger partial charge in [-0.15, -0.1) is 0 Å². The molecule has 1 atom stereocenters. The number of nitrogens with two attached hydrogens (primary N) is 1. The lowest BCUT2D eigenvalue weighted by Crippen LogP contribution is -2.15. The highest BCUT2D eigenvalue weighted by Gasteiger charge is 2.10. The van der Waals surface area contributed by atoms with Gasteiger partial charge in [0.15, 0.2) is 0 Å². The van der Waals surface area contributed by atoms with E-state index >= 15 is 0 Å². The molecule has 0 aliphatic rings. The molecule has 2 nitrogen and oxygen atoms in total. The van der Waals surface area contributed by atoms with Crippen LogP contribution in [0.4, 0.5) is 0 Å². The van der Waals surface area contributed by atoms with E-state index in [9.17, 15) is 0 Å². The lowest BCUT2D eigenvalue weighted by Gasteiger charge is -2.20.